The van der Waals surface area contributed by atoms with Gasteiger partial charge in [0, 0.05) is 12.2 Å². The van der Waals surface area contributed by atoms with Gasteiger partial charge in [-0.2, -0.15) is 0 Å². The fourth-order valence-electron chi connectivity index (χ4n) is 1.79. The predicted octanol–water partition coefficient (Wildman–Crippen LogP) is 3.35. The van der Waals surface area contributed by atoms with E-state index in [1.54, 1.807) is 35.4 Å². The van der Waals surface area contributed by atoms with Gasteiger partial charge in [-0.3, -0.25) is 4.79 Å². The monoisotopic (exact) mass is 253 g/mol. The second kappa shape index (κ2) is 5.23. The Morgan fingerprint density at radius 3 is 2.94 bits per heavy atom. The third kappa shape index (κ3) is 2.44. The smallest absolute Gasteiger partial charge is 0.272 e. The summed E-state index contributed by atoms with van der Waals surface area (Å²) in [6.45, 7) is 1.96. The Morgan fingerprint density at radius 1 is 1.53 bits per heavy atom. The summed E-state index contributed by atoms with van der Waals surface area (Å²) in [7, 11) is 0. The number of nitrogens with zero attached hydrogens (tertiary/aromatic N) is 1. The zero-order valence-electron chi connectivity index (χ0n) is 9.30. The van der Waals surface area contributed by atoms with E-state index in [0.29, 0.717) is 5.56 Å². The SMILES string of the molecule is CC1CC=CN1C(=O)c1ccccc1OSF. The van der Waals surface area contributed by atoms with Crippen molar-refractivity contribution in [3.63, 3.8) is 0 Å². The minimum absolute atomic E-state index is 0.133. The van der Waals surface area contributed by atoms with Crippen molar-refractivity contribution < 1.29 is 12.9 Å². The molecule has 1 heterocycles. The molecule has 0 bridgehead atoms. The maximum Gasteiger partial charge on any atom is 0.272 e. The van der Waals surface area contributed by atoms with E-state index in [4.69, 9.17) is 4.18 Å². The minimum Gasteiger partial charge on any atom is -0.396 e. The molecule has 0 N–H and O–H groups in total. The quantitative estimate of drug-likeness (QED) is 0.774. The van der Waals surface area contributed by atoms with Crippen molar-refractivity contribution in [1.29, 1.82) is 0 Å². The highest BCUT2D eigenvalue weighted by atomic mass is 32.2. The number of benzene rings is 1. The molecule has 0 aromatic heterocycles. The highest BCUT2D eigenvalue weighted by Crippen LogP contribution is 2.26. The summed E-state index contributed by atoms with van der Waals surface area (Å²) < 4.78 is 16.9. The Balaban J connectivity index is 2.27. The van der Waals surface area contributed by atoms with Crippen LogP contribution in [0.15, 0.2) is 36.5 Å². The van der Waals surface area contributed by atoms with Crippen molar-refractivity contribution >= 4 is 18.3 Å². The summed E-state index contributed by atoms with van der Waals surface area (Å²) >= 11 is -0.259. The molecule has 90 valence electrons. The Hall–Kier alpha value is -1.49. The Morgan fingerprint density at radius 2 is 2.29 bits per heavy atom. The lowest BCUT2D eigenvalue weighted by molar-refractivity contribution is 0.0792. The zero-order chi connectivity index (χ0) is 12.3. The van der Waals surface area contributed by atoms with E-state index in [-0.39, 0.29) is 30.1 Å². The van der Waals surface area contributed by atoms with E-state index < -0.39 is 0 Å². The summed E-state index contributed by atoms with van der Waals surface area (Å²) in [5, 5.41) is 0. The largest absolute Gasteiger partial charge is 0.396 e. The van der Waals surface area contributed by atoms with Gasteiger partial charge < -0.3 is 9.08 Å². The lowest BCUT2D eigenvalue weighted by Crippen LogP contribution is -2.30. The Kier molecular flexibility index (Phi) is 3.68. The van der Waals surface area contributed by atoms with Gasteiger partial charge in [-0.15, -0.1) is 3.89 Å². The molecule has 5 heteroatoms. The minimum atomic E-state index is -0.259. The molecule has 1 amide bonds. The standard InChI is InChI=1S/C12H12FNO2S/c1-9-5-4-8-14(9)12(15)10-6-2-3-7-11(10)16-17-13/h2-4,6-9H,5H2,1H3. The van der Waals surface area contributed by atoms with E-state index in [2.05, 4.69) is 0 Å². The molecule has 0 saturated heterocycles. The number of hydrogen-bond donors (Lipinski definition) is 0. The second-order valence-electron chi connectivity index (χ2n) is 3.82. The van der Waals surface area contributed by atoms with Crippen molar-refractivity contribution in [1.82, 2.24) is 4.90 Å². The first-order chi connectivity index (χ1) is 8.24. The van der Waals surface area contributed by atoms with E-state index >= 15 is 0 Å². The first kappa shape index (κ1) is 12.0. The number of carbonyl (C=O) groups is 1. The van der Waals surface area contributed by atoms with Gasteiger partial charge in [0.15, 0.2) is 5.75 Å². The van der Waals surface area contributed by atoms with Gasteiger partial charge >= 0.3 is 0 Å². The van der Waals surface area contributed by atoms with Crippen molar-refractivity contribution in [3.05, 3.63) is 42.1 Å². The van der Waals surface area contributed by atoms with Crippen LogP contribution in [-0.4, -0.2) is 16.8 Å². The van der Waals surface area contributed by atoms with Gasteiger partial charge in [0.2, 0.25) is 0 Å². The molecule has 1 aromatic rings. The van der Waals surface area contributed by atoms with E-state index in [9.17, 15) is 8.68 Å². The van der Waals surface area contributed by atoms with Gasteiger partial charge in [0.25, 0.3) is 18.3 Å². The van der Waals surface area contributed by atoms with Gasteiger partial charge in [0.05, 0.1) is 5.56 Å². The maximum atomic E-state index is 12.2. The van der Waals surface area contributed by atoms with Crippen molar-refractivity contribution in [2.75, 3.05) is 0 Å². The topological polar surface area (TPSA) is 29.5 Å². The van der Waals surface area contributed by atoms with Crippen LogP contribution in [0.3, 0.4) is 0 Å². The lowest BCUT2D eigenvalue weighted by Gasteiger charge is -2.20. The summed E-state index contributed by atoms with van der Waals surface area (Å²) in [5.74, 6) is 0.0772. The number of carbonyl (C=O) groups excluding carboxylic acids is 1. The van der Waals surface area contributed by atoms with Gasteiger partial charge in [0.1, 0.15) is 0 Å². The molecule has 3 nitrogen and oxygen atoms in total. The lowest BCUT2D eigenvalue weighted by atomic mass is 10.1. The molecule has 0 radical (unpaired) electrons. The first-order valence-electron chi connectivity index (χ1n) is 5.27. The summed E-state index contributed by atoms with van der Waals surface area (Å²) in [6.07, 6.45) is 4.54. The third-order valence-corrected chi connectivity index (χ3v) is 2.93. The predicted molar refractivity (Wildman–Crippen MR) is 65.2 cm³/mol. The number of hydrogen-bond acceptors (Lipinski definition) is 3. The zero-order valence-corrected chi connectivity index (χ0v) is 10.1. The number of para-hydroxylation sites is 1. The summed E-state index contributed by atoms with van der Waals surface area (Å²) in [6, 6.07) is 6.77. The van der Waals surface area contributed by atoms with Crippen molar-refractivity contribution in [2.24, 2.45) is 0 Å². The van der Waals surface area contributed by atoms with Gasteiger partial charge in [-0.05, 0) is 25.5 Å². The number of amides is 1. The van der Waals surface area contributed by atoms with E-state index in [1.165, 1.54) is 0 Å². The maximum absolute atomic E-state index is 12.2. The Labute approximate surface area is 104 Å². The molecule has 2 rings (SSSR count). The number of halogens is 1. The van der Waals surface area contributed by atoms with Crippen LogP contribution in [0.4, 0.5) is 3.89 Å². The molecule has 0 spiro atoms. The van der Waals surface area contributed by atoms with Crippen LogP contribution in [0.5, 0.6) is 5.75 Å². The third-order valence-electron chi connectivity index (χ3n) is 2.69. The molecule has 1 aromatic carbocycles. The highest BCUT2D eigenvalue weighted by molar-refractivity contribution is 7.89. The summed E-state index contributed by atoms with van der Waals surface area (Å²) in [5.41, 5.74) is 0.371. The molecule has 0 fully saturated rings. The Bertz CT molecular complexity index is 450. The summed E-state index contributed by atoms with van der Waals surface area (Å²) in [4.78, 5) is 13.8. The van der Waals surface area contributed by atoms with Crippen LogP contribution in [0, 0.1) is 0 Å². The number of rotatable bonds is 3. The highest BCUT2D eigenvalue weighted by Gasteiger charge is 2.24. The molecule has 1 aliphatic heterocycles. The molecule has 17 heavy (non-hydrogen) atoms. The van der Waals surface area contributed by atoms with Crippen LogP contribution >= 0.6 is 12.4 Å². The molecule has 1 unspecified atom stereocenters. The van der Waals surface area contributed by atoms with Crippen LogP contribution in [0.1, 0.15) is 23.7 Å². The molecule has 1 aliphatic rings. The van der Waals surface area contributed by atoms with E-state index in [0.717, 1.165) is 6.42 Å². The van der Waals surface area contributed by atoms with Crippen LogP contribution in [0.2, 0.25) is 0 Å². The molecule has 0 aliphatic carbocycles. The van der Waals surface area contributed by atoms with E-state index in [1.807, 2.05) is 13.0 Å². The average molecular weight is 253 g/mol. The van der Waals surface area contributed by atoms with Crippen molar-refractivity contribution in [2.45, 2.75) is 19.4 Å². The normalized spacial score (nSPS) is 18.5. The molecular formula is C12H12FNO2S. The average Bonchev–Trinajstić information content (AvgIpc) is 2.76. The molecule has 0 saturated carbocycles. The van der Waals surface area contributed by atoms with Crippen LogP contribution in [-0.2, 0) is 0 Å². The van der Waals surface area contributed by atoms with Crippen LogP contribution < -0.4 is 4.18 Å². The van der Waals surface area contributed by atoms with Crippen molar-refractivity contribution in [3.8, 4) is 5.75 Å². The fourth-order valence-corrected chi connectivity index (χ4v) is 2.00. The fraction of sp³-hybridized carbons (Fsp3) is 0.250. The second-order valence-corrected chi connectivity index (χ2v) is 4.12. The van der Waals surface area contributed by atoms with Gasteiger partial charge in [-0.25, -0.2) is 0 Å². The molecular weight excluding hydrogens is 241 g/mol. The van der Waals surface area contributed by atoms with Gasteiger partial charge in [-0.1, -0.05) is 18.2 Å². The molecule has 1 atom stereocenters. The van der Waals surface area contributed by atoms with Crippen LogP contribution in [0.25, 0.3) is 0 Å². The first-order valence-corrected chi connectivity index (χ1v) is 5.92.